The van der Waals surface area contributed by atoms with Crippen LogP contribution in [0.5, 0.6) is 11.5 Å². The van der Waals surface area contributed by atoms with Gasteiger partial charge in [0.1, 0.15) is 28.6 Å². The highest BCUT2D eigenvalue weighted by Gasteiger charge is 2.35. The molecule has 9 N–H and O–H groups in total. The van der Waals surface area contributed by atoms with Crippen LogP contribution in [0.3, 0.4) is 0 Å². The second-order valence-electron chi connectivity index (χ2n) is 20.5. The molecule has 3 aromatic rings. The summed E-state index contributed by atoms with van der Waals surface area (Å²) < 4.78 is 11.3. The zero-order valence-electron chi connectivity index (χ0n) is 45.6. The number of phenolic OH excluding ortho intramolecular Hbond substituents is 1. The summed E-state index contributed by atoms with van der Waals surface area (Å²) in [7, 11) is 0. The normalized spacial score (nSPS) is 14.2. The summed E-state index contributed by atoms with van der Waals surface area (Å²) >= 11 is 0. The Kier molecular flexibility index (Phi) is 23.0. The largest absolute Gasteiger partial charge is 0.508 e. The molecule has 8 atom stereocenters. The van der Waals surface area contributed by atoms with Crippen LogP contribution in [0.4, 0.5) is 0 Å². The van der Waals surface area contributed by atoms with Gasteiger partial charge in [0.25, 0.3) is 6.47 Å². The number of hydrogen-bond acceptors (Lipinski definition) is 17. The summed E-state index contributed by atoms with van der Waals surface area (Å²) in [5.74, 6) is -10.8. The second-order valence-corrected chi connectivity index (χ2v) is 20.5. The lowest BCUT2D eigenvalue weighted by Crippen LogP contribution is -2.49. The number of carboxylic acids is 1. The molecule has 5 rings (SSSR count). The fourth-order valence-corrected chi connectivity index (χ4v) is 9.34. The summed E-state index contributed by atoms with van der Waals surface area (Å²) in [6.45, 7) is 7.07. The van der Waals surface area contributed by atoms with Crippen molar-refractivity contribution in [1.29, 1.82) is 0 Å². The summed E-state index contributed by atoms with van der Waals surface area (Å²) in [4.78, 5) is 160. The number of aliphatic hydroxyl groups excluding tert-OH is 1. The molecule has 0 unspecified atom stereocenters. The highest BCUT2D eigenvalue weighted by atomic mass is 16.5. The molecule has 1 aliphatic carbocycles. The van der Waals surface area contributed by atoms with Crippen molar-refractivity contribution in [3.8, 4) is 33.9 Å². The fourth-order valence-electron chi connectivity index (χ4n) is 9.34. The van der Waals surface area contributed by atoms with Gasteiger partial charge in [-0.15, -0.1) is 0 Å². The summed E-state index contributed by atoms with van der Waals surface area (Å²) in [6.07, 6.45) is 0.631. The van der Waals surface area contributed by atoms with Gasteiger partial charge in [0.15, 0.2) is 28.6 Å². The van der Waals surface area contributed by atoms with Crippen LogP contribution in [-0.4, -0.2) is 115 Å². The van der Waals surface area contributed by atoms with E-state index in [1.54, 1.807) is 18.2 Å². The number of nitrogens with zero attached hydrogens (tertiary/aromatic N) is 1. The summed E-state index contributed by atoms with van der Waals surface area (Å²) in [6, 6.07) is 9.62. The number of aliphatic carboxylic acids is 1. The van der Waals surface area contributed by atoms with Gasteiger partial charge in [-0.3, -0.25) is 52.7 Å². The number of carbonyl (C=O) groups excluding carboxylic acids is 10. The molecule has 23 nitrogen and oxygen atoms in total. The van der Waals surface area contributed by atoms with E-state index >= 15 is 0 Å². The Balaban J connectivity index is 1.12. The third-order valence-electron chi connectivity index (χ3n) is 14.0. The number of carbonyl (C=O) groups is 11. The van der Waals surface area contributed by atoms with Crippen LogP contribution < -0.4 is 31.8 Å². The zero-order chi connectivity index (χ0) is 59.7. The van der Waals surface area contributed by atoms with Crippen LogP contribution >= 0.6 is 0 Å². The minimum atomic E-state index is -1.43. The lowest BCUT2D eigenvalue weighted by atomic mass is 9.90. The molecule has 0 bridgehead atoms. The molecular weight excluding hydrogens is 1050 g/mol. The molecule has 0 saturated heterocycles. The molecule has 2 aromatic carbocycles. The lowest BCUT2D eigenvalue weighted by Gasteiger charge is -2.25. The number of aliphatic hydroxyl groups is 1. The number of ether oxygens (including phenoxy) is 1. The number of primary amides is 1. The molecule has 0 fully saturated rings. The maximum absolute atomic E-state index is 13.6. The zero-order valence-corrected chi connectivity index (χ0v) is 45.6. The minimum absolute atomic E-state index is 0.0895. The number of aromatic nitrogens is 2. The first-order valence-electron chi connectivity index (χ1n) is 26.5. The third-order valence-corrected chi connectivity index (χ3v) is 14.0. The Labute approximate surface area is 465 Å². The molecule has 1 aromatic heterocycles. The number of aromatic hydroxyl groups is 1. The second kappa shape index (κ2) is 29.5. The van der Waals surface area contributed by atoms with Gasteiger partial charge in [-0.25, -0.2) is 4.98 Å². The molecule has 0 saturated carbocycles. The van der Waals surface area contributed by atoms with E-state index in [0.29, 0.717) is 52.6 Å². The van der Waals surface area contributed by atoms with Crippen LogP contribution in [0, 0.1) is 23.7 Å². The Morgan fingerprint density at radius 1 is 0.753 bits per heavy atom. The minimum Gasteiger partial charge on any atom is -0.508 e. The number of nitrogens with one attached hydrogen (secondary N) is 4. The number of carboxylic acid groups (broad SMARTS) is 1. The number of benzene rings is 3. The van der Waals surface area contributed by atoms with Crippen molar-refractivity contribution in [2.24, 2.45) is 29.4 Å². The van der Waals surface area contributed by atoms with Crippen molar-refractivity contribution >= 4 is 76.0 Å². The average Bonchev–Trinajstić information content (AvgIpc) is 3.93. The van der Waals surface area contributed by atoms with Crippen molar-refractivity contribution < 1.29 is 77.2 Å². The average molecular weight is 1120 g/mol. The van der Waals surface area contributed by atoms with Crippen molar-refractivity contribution in [3.63, 3.8) is 0 Å². The molecule has 2 heterocycles. The van der Waals surface area contributed by atoms with E-state index in [-0.39, 0.29) is 84.8 Å². The topological polar surface area (TPSA) is 379 Å². The molecule has 4 amide bonds. The molecule has 81 heavy (non-hydrogen) atoms. The first-order chi connectivity index (χ1) is 38.4. The van der Waals surface area contributed by atoms with Crippen molar-refractivity contribution in [1.82, 2.24) is 25.9 Å². The van der Waals surface area contributed by atoms with Crippen molar-refractivity contribution in [2.45, 2.75) is 136 Å². The highest BCUT2D eigenvalue weighted by Crippen LogP contribution is 2.44. The molecular formula is C58H68N6O17. The maximum atomic E-state index is 13.6. The molecule has 432 valence electrons. The number of hydrogen-bond donors (Lipinski definition) is 8. The van der Waals surface area contributed by atoms with Crippen LogP contribution in [0.25, 0.3) is 33.4 Å². The van der Waals surface area contributed by atoms with Gasteiger partial charge in [0, 0.05) is 114 Å². The SMILES string of the molecule is CC(=O)C[C@H](CCCCCC(=O)c1ccc(OC=O)c(-c2c3ccc(=O)cc-3oc3cc(O)ccc23)c1)C(=O)N[C@H](C)C(=O)C[C@H](C)C(=O)N[C@H](C)C(=O)C[C@@H](C(=O)N[C@H](Cc1cnc[nH]1)C(=O)C[C@H](CCC(=O)O)C(N)=O)[C@H](C)O. The Hall–Kier alpha value is -8.73. The number of phenols is 1. The van der Waals surface area contributed by atoms with Gasteiger partial charge < -0.3 is 55.9 Å². The Morgan fingerprint density at radius 3 is 2.10 bits per heavy atom. The number of ketones is 5. The predicted molar refractivity (Wildman–Crippen MR) is 291 cm³/mol. The van der Waals surface area contributed by atoms with Gasteiger partial charge in [-0.05, 0) is 89.4 Å². The van der Waals surface area contributed by atoms with E-state index in [0.717, 1.165) is 0 Å². The lowest BCUT2D eigenvalue weighted by molar-refractivity contribution is -0.138. The molecule has 2 aliphatic rings. The van der Waals surface area contributed by atoms with Gasteiger partial charge in [0.05, 0.1) is 36.5 Å². The van der Waals surface area contributed by atoms with E-state index in [2.05, 4.69) is 25.9 Å². The Morgan fingerprint density at radius 2 is 1.46 bits per heavy atom. The van der Waals surface area contributed by atoms with E-state index < -0.39 is 114 Å². The maximum Gasteiger partial charge on any atom is 0.303 e. The van der Waals surface area contributed by atoms with Gasteiger partial charge >= 0.3 is 5.97 Å². The number of H-pyrrole nitrogens is 1. The van der Waals surface area contributed by atoms with E-state index in [4.69, 9.17) is 20.0 Å². The highest BCUT2D eigenvalue weighted by molar-refractivity contribution is 6.06. The number of aromatic amines is 1. The predicted octanol–water partition coefficient (Wildman–Crippen LogP) is 4.47. The summed E-state index contributed by atoms with van der Waals surface area (Å²) in [5.41, 5.74) is 7.40. The first kappa shape index (κ1) is 63.1. The van der Waals surface area contributed by atoms with Crippen molar-refractivity contribution in [3.05, 3.63) is 88.6 Å². The van der Waals surface area contributed by atoms with Crippen LogP contribution in [0.1, 0.15) is 121 Å². The third kappa shape index (κ3) is 18.1. The number of unbranched alkanes of at least 4 members (excludes halogenated alkanes) is 2. The van der Waals surface area contributed by atoms with Gasteiger partial charge in [-0.2, -0.15) is 0 Å². The Bertz CT molecular complexity index is 3170. The number of imidazole rings is 1. The first-order valence-corrected chi connectivity index (χ1v) is 26.5. The van der Waals surface area contributed by atoms with Crippen LogP contribution in [0.15, 0.2) is 76.3 Å². The number of nitrogens with two attached hydrogens (primary N) is 1. The van der Waals surface area contributed by atoms with Crippen molar-refractivity contribution in [2.75, 3.05) is 0 Å². The number of Topliss-reactive ketones (excluding diaryl/α,β-unsaturated/α-hetero) is 5. The fraction of sp³-hybridized carbons (Fsp3) is 0.431. The smallest absolute Gasteiger partial charge is 0.303 e. The number of rotatable bonds is 34. The standard InChI is InChI=1S/C58H68N6O17/c1-30(56(77)62-33(4)48(72)26-43(34(5)67)58(79)64-45(23-38-27-60-28-61-38)49(73)22-36(55(59)76)12-18-53(74)75)19-47(71)32(3)63-57(78)37(20-31(2)66)9-7-6-8-10-46(70)35-11-17-50(80-29-65)44(21-35)54-41-15-13-39(68)24-51(41)81-52-25-40(69)14-16-42(52)54/h11,13-17,21,24-25,27-30,32-34,36-37,43,45,67-68H,6-10,12,18-20,22-23,26H2,1-5H3,(H2,59,76)(H,60,61)(H,62,77)(H,63,78)(H,64,79)(H,74,75)/t30-,32+,33+,34-,36-,37-,43+,45+/m0/s1. The summed E-state index contributed by atoms with van der Waals surface area (Å²) in [5, 5.41) is 38.1. The number of fused-ring (bicyclic) bond motifs is 2. The van der Waals surface area contributed by atoms with Crippen LogP contribution in [0.2, 0.25) is 0 Å². The van der Waals surface area contributed by atoms with E-state index in [1.165, 1.54) is 83.5 Å². The van der Waals surface area contributed by atoms with E-state index in [9.17, 15) is 67.7 Å². The number of amides is 4. The van der Waals surface area contributed by atoms with Gasteiger partial charge in [-0.1, -0.05) is 19.8 Å². The quantitative estimate of drug-likeness (QED) is 0.0122. The molecule has 0 radical (unpaired) electrons. The van der Waals surface area contributed by atoms with Crippen LogP contribution in [-0.2, 0) is 54.4 Å². The molecule has 23 heteroatoms. The van der Waals surface area contributed by atoms with E-state index in [1.807, 2.05) is 0 Å². The molecule has 1 aliphatic heterocycles. The monoisotopic (exact) mass is 1120 g/mol. The molecule has 0 spiro atoms. The van der Waals surface area contributed by atoms with Gasteiger partial charge in [0.2, 0.25) is 23.6 Å².